The molecule has 0 heterocycles. The minimum absolute atomic E-state index is 0.0375. The summed E-state index contributed by atoms with van der Waals surface area (Å²) in [7, 11) is -3.43. The van der Waals surface area contributed by atoms with Crippen molar-refractivity contribution in [2.45, 2.75) is 39.0 Å². The van der Waals surface area contributed by atoms with Gasteiger partial charge in [-0.2, -0.15) is 0 Å². The second-order valence-corrected chi connectivity index (χ2v) is 6.79. The van der Waals surface area contributed by atoms with Crippen molar-refractivity contribution in [3.05, 3.63) is 0 Å². The van der Waals surface area contributed by atoms with Crippen molar-refractivity contribution in [1.82, 2.24) is 0 Å². The molecule has 0 aromatic rings. The molecule has 108 valence electrons. The van der Waals surface area contributed by atoms with E-state index < -0.39 is 10.0 Å². The number of ether oxygens (including phenoxy) is 2. The van der Waals surface area contributed by atoms with Gasteiger partial charge in [-0.25, -0.2) is 13.6 Å². The molecule has 0 radical (unpaired) electrons. The summed E-state index contributed by atoms with van der Waals surface area (Å²) >= 11 is 0. The molecule has 1 aliphatic rings. The molecule has 0 spiro atoms. The summed E-state index contributed by atoms with van der Waals surface area (Å²) in [5, 5.41) is 5.16. The molecule has 0 atom stereocenters. The van der Waals surface area contributed by atoms with Crippen molar-refractivity contribution in [3.8, 4) is 0 Å². The summed E-state index contributed by atoms with van der Waals surface area (Å²) in [5.41, 5.74) is -0.266. The molecule has 1 rings (SSSR count). The van der Waals surface area contributed by atoms with E-state index >= 15 is 0 Å². The SMILES string of the molecule is CCCOCCOCC1(CS(N)(=O)=O)CCCC1. The van der Waals surface area contributed by atoms with E-state index in [0.717, 1.165) is 38.7 Å². The van der Waals surface area contributed by atoms with Gasteiger partial charge in [0.2, 0.25) is 10.0 Å². The standard InChI is InChI=1S/C12H25NO4S/c1-2-7-16-8-9-17-10-12(5-3-4-6-12)11-18(13,14)15/h2-11H2,1H3,(H2,13,14,15). The van der Waals surface area contributed by atoms with E-state index in [1.54, 1.807) is 0 Å². The zero-order valence-corrected chi connectivity index (χ0v) is 12.0. The summed E-state index contributed by atoms with van der Waals surface area (Å²) in [5.74, 6) is 0.0375. The molecule has 0 amide bonds. The fourth-order valence-electron chi connectivity index (χ4n) is 2.54. The molecular formula is C12H25NO4S. The first kappa shape index (κ1) is 15.9. The molecule has 0 aliphatic heterocycles. The highest BCUT2D eigenvalue weighted by atomic mass is 32.2. The second kappa shape index (κ2) is 7.43. The van der Waals surface area contributed by atoms with E-state index in [2.05, 4.69) is 6.92 Å². The fourth-order valence-corrected chi connectivity index (χ4v) is 3.76. The Hall–Kier alpha value is -0.170. The Balaban J connectivity index is 2.30. The first-order valence-corrected chi connectivity index (χ1v) is 8.35. The van der Waals surface area contributed by atoms with E-state index in [1.165, 1.54) is 0 Å². The lowest BCUT2D eigenvalue weighted by atomic mass is 9.90. The molecule has 0 aromatic heterocycles. The lowest BCUT2D eigenvalue weighted by Crippen LogP contribution is -2.35. The third-order valence-electron chi connectivity index (χ3n) is 3.30. The Bertz CT molecular complexity index is 323. The molecule has 0 unspecified atom stereocenters. The van der Waals surface area contributed by atoms with Crippen LogP contribution in [0.2, 0.25) is 0 Å². The van der Waals surface area contributed by atoms with Gasteiger partial charge >= 0.3 is 0 Å². The number of hydrogen-bond donors (Lipinski definition) is 1. The van der Waals surface area contributed by atoms with Gasteiger partial charge in [-0.05, 0) is 19.3 Å². The summed E-state index contributed by atoms with van der Waals surface area (Å²) in [6.45, 7) is 4.36. The molecule has 0 bridgehead atoms. The van der Waals surface area contributed by atoms with Crippen LogP contribution in [-0.2, 0) is 19.5 Å². The summed E-state index contributed by atoms with van der Waals surface area (Å²) in [6.07, 6.45) is 4.89. The Morgan fingerprint density at radius 1 is 1.11 bits per heavy atom. The van der Waals surface area contributed by atoms with Crippen LogP contribution in [-0.4, -0.2) is 40.6 Å². The molecule has 18 heavy (non-hydrogen) atoms. The van der Waals surface area contributed by atoms with Gasteiger partial charge in [0.05, 0.1) is 25.6 Å². The van der Waals surface area contributed by atoms with Crippen LogP contribution in [0, 0.1) is 5.41 Å². The molecule has 0 saturated heterocycles. The van der Waals surface area contributed by atoms with Crippen molar-refractivity contribution in [3.63, 3.8) is 0 Å². The number of sulfonamides is 1. The maximum absolute atomic E-state index is 11.3. The zero-order chi connectivity index (χ0) is 13.5. The van der Waals surface area contributed by atoms with Gasteiger partial charge in [0.25, 0.3) is 0 Å². The molecule has 1 saturated carbocycles. The van der Waals surface area contributed by atoms with Gasteiger partial charge in [-0.3, -0.25) is 0 Å². The third kappa shape index (κ3) is 6.13. The van der Waals surface area contributed by atoms with Crippen LogP contribution in [0.3, 0.4) is 0 Å². The maximum atomic E-state index is 11.3. The summed E-state index contributed by atoms with van der Waals surface area (Å²) in [6, 6.07) is 0. The number of rotatable bonds is 9. The van der Waals surface area contributed by atoms with Crippen LogP contribution >= 0.6 is 0 Å². The van der Waals surface area contributed by atoms with Crippen molar-refractivity contribution in [2.75, 3.05) is 32.2 Å². The lowest BCUT2D eigenvalue weighted by Gasteiger charge is -2.27. The largest absolute Gasteiger partial charge is 0.379 e. The maximum Gasteiger partial charge on any atom is 0.209 e. The monoisotopic (exact) mass is 279 g/mol. The summed E-state index contributed by atoms with van der Waals surface area (Å²) < 4.78 is 33.4. The van der Waals surface area contributed by atoms with E-state index in [1.807, 2.05) is 0 Å². The topological polar surface area (TPSA) is 78.6 Å². The van der Waals surface area contributed by atoms with Crippen LogP contribution in [0.15, 0.2) is 0 Å². The predicted molar refractivity (Wildman–Crippen MR) is 70.8 cm³/mol. The van der Waals surface area contributed by atoms with Crippen LogP contribution in [0.25, 0.3) is 0 Å². The Morgan fingerprint density at radius 3 is 2.28 bits per heavy atom. The molecular weight excluding hydrogens is 254 g/mol. The number of hydrogen-bond acceptors (Lipinski definition) is 4. The first-order valence-electron chi connectivity index (χ1n) is 6.63. The minimum Gasteiger partial charge on any atom is -0.379 e. The van der Waals surface area contributed by atoms with E-state index in [0.29, 0.717) is 19.8 Å². The molecule has 1 fully saturated rings. The normalized spacial score (nSPS) is 19.2. The summed E-state index contributed by atoms with van der Waals surface area (Å²) in [4.78, 5) is 0. The predicted octanol–water partition coefficient (Wildman–Crippen LogP) is 1.28. The average molecular weight is 279 g/mol. The molecule has 6 heteroatoms. The van der Waals surface area contributed by atoms with E-state index in [-0.39, 0.29) is 11.2 Å². The Morgan fingerprint density at radius 2 is 1.72 bits per heavy atom. The van der Waals surface area contributed by atoms with E-state index in [9.17, 15) is 8.42 Å². The van der Waals surface area contributed by atoms with Gasteiger partial charge in [-0.1, -0.05) is 19.8 Å². The van der Waals surface area contributed by atoms with Crippen LogP contribution in [0.1, 0.15) is 39.0 Å². The zero-order valence-electron chi connectivity index (χ0n) is 11.2. The van der Waals surface area contributed by atoms with Crippen molar-refractivity contribution >= 4 is 10.0 Å². The Labute approximate surface area is 110 Å². The number of nitrogens with two attached hydrogens (primary N) is 1. The van der Waals surface area contributed by atoms with Gasteiger partial charge in [-0.15, -0.1) is 0 Å². The highest BCUT2D eigenvalue weighted by Crippen LogP contribution is 2.39. The molecule has 1 aliphatic carbocycles. The van der Waals surface area contributed by atoms with Crippen molar-refractivity contribution in [1.29, 1.82) is 0 Å². The van der Waals surface area contributed by atoms with Gasteiger partial charge in [0.15, 0.2) is 0 Å². The highest BCUT2D eigenvalue weighted by Gasteiger charge is 2.37. The fraction of sp³-hybridized carbons (Fsp3) is 1.00. The minimum atomic E-state index is -3.43. The number of primary sulfonamides is 1. The van der Waals surface area contributed by atoms with Gasteiger partial charge in [0, 0.05) is 12.0 Å². The lowest BCUT2D eigenvalue weighted by molar-refractivity contribution is 0.0127. The van der Waals surface area contributed by atoms with Crippen molar-refractivity contribution in [2.24, 2.45) is 10.6 Å². The molecule has 0 aromatic carbocycles. The van der Waals surface area contributed by atoms with E-state index in [4.69, 9.17) is 14.6 Å². The van der Waals surface area contributed by atoms with Crippen LogP contribution in [0.5, 0.6) is 0 Å². The smallest absolute Gasteiger partial charge is 0.209 e. The quantitative estimate of drug-likeness (QED) is 0.645. The highest BCUT2D eigenvalue weighted by molar-refractivity contribution is 7.89. The molecule has 2 N–H and O–H groups in total. The molecule has 5 nitrogen and oxygen atoms in total. The van der Waals surface area contributed by atoms with Gasteiger partial charge < -0.3 is 9.47 Å². The third-order valence-corrected chi connectivity index (χ3v) is 4.32. The van der Waals surface area contributed by atoms with Gasteiger partial charge in [0.1, 0.15) is 0 Å². The average Bonchev–Trinajstić information content (AvgIpc) is 2.69. The first-order chi connectivity index (χ1) is 8.47. The van der Waals surface area contributed by atoms with Crippen LogP contribution < -0.4 is 5.14 Å². The second-order valence-electron chi connectivity index (χ2n) is 5.18. The van der Waals surface area contributed by atoms with Crippen molar-refractivity contribution < 1.29 is 17.9 Å². The van der Waals surface area contributed by atoms with Crippen LogP contribution in [0.4, 0.5) is 0 Å². The Kier molecular flexibility index (Phi) is 6.55.